The minimum Gasteiger partial charge on any atom is -0.309 e. The van der Waals surface area contributed by atoms with Gasteiger partial charge in [0.1, 0.15) is 0 Å². The van der Waals surface area contributed by atoms with E-state index in [-0.39, 0.29) is 0 Å². The summed E-state index contributed by atoms with van der Waals surface area (Å²) < 4.78 is 3.48. The second kappa shape index (κ2) is 7.81. The largest absolute Gasteiger partial charge is 0.309 e. The van der Waals surface area contributed by atoms with Crippen molar-refractivity contribution >= 4 is 37.7 Å². The van der Waals surface area contributed by atoms with Crippen molar-refractivity contribution in [2.75, 3.05) is 0 Å². The van der Waals surface area contributed by atoms with E-state index < -0.39 is 0 Å². The predicted octanol–water partition coefficient (Wildman–Crippen LogP) is 8.88. The van der Waals surface area contributed by atoms with Gasteiger partial charge in [0.05, 0.1) is 16.7 Å². The smallest absolute Gasteiger partial charge is 0.0541 e. The Morgan fingerprint density at radius 2 is 1.03 bits per heavy atom. The molecule has 0 aliphatic carbocycles. The number of hydrogen-bond donors (Lipinski definition) is 0. The molecule has 0 aliphatic rings. The number of benzene rings is 5. The number of nitrogens with zero attached hydrogens (tertiary/aromatic N) is 1. The molecule has 0 saturated heterocycles. The molecule has 0 amide bonds. The Kier molecular flexibility index (Phi) is 4.66. The highest BCUT2D eigenvalue weighted by Gasteiger charge is 2.16. The molecule has 0 aliphatic heterocycles. The lowest BCUT2D eigenvalue weighted by molar-refractivity contribution is 1.18. The van der Waals surface area contributed by atoms with E-state index in [2.05, 4.69) is 142 Å². The van der Waals surface area contributed by atoms with E-state index in [1.807, 2.05) is 0 Å². The topological polar surface area (TPSA) is 4.93 Å². The Hall–Kier alpha value is -3.62. The molecule has 0 radical (unpaired) electrons. The molecular formula is C30H20BrN. The maximum atomic E-state index is 3.59. The van der Waals surface area contributed by atoms with Gasteiger partial charge in [-0.05, 0) is 53.1 Å². The van der Waals surface area contributed by atoms with Crippen molar-refractivity contribution in [2.24, 2.45) is 0 Å². The maximum Gasteiger partial charge on any atom is 0.0541 e. The van der Waals surface area contributed by atoms with Crippen molar-refractivity contribution in [3.05, 3.63) is 126 Å². The van der Waals surface area contributed by atoms with E-state index in [1.165, 1.54) is 49.7 Å². The van der Waals surface area contributed by atoms with E-state index in [4.69, 9.17) is 0 Å². The van der Waals surface area contributed by atoms with E-state index in [9.17, 15) is 0 Å². The van der Waals surface area contributed by atoms with Gasteiger partial charge >= 0.3 is 0 Å². The number of rotatable bonds is 3. The molecule has 0 bridgehead atoms. The number of para-hydroxylation sites is 2. The van der Waals surface area contributed by atoms with Gasteiger partial charge in [0.15, 0.2) is 0 Å². The summed E-state index contributed by atoms with van der Waals surface area (Å²) in [7, 11) is 0. The van der Waals surface area contributed by atoms with Crippen LogP contribution in [-0.2, 0) is 0 Å². The monoisotopic (exact) mass is 473 g/mol. The Morgan fingerprint density at radius 3 is 1.69 bits per heavy atom. The number of fused-ring (bicyclic) bond motifs is 3. The Morgan fingerprint density at radius 1 is 0.469 bits per heavy atom. The molecule has 0 unspecified atom stereocenters. The molecule has 0 atom stereocenters. The number of aromatic nitrogens is 1. The lowest BCUT2D eigenvalue weighted by Crippen LogP contribution is -1.98. The molecule has 1 nitrogen and oxygen atoms in total. The summed E-state index contributed by atoms with van der Waals surface area (Å²) in [4.78, 5) is 0. The van der Waals surface area contributed by atoms with E-state index in [1.54, 1.807) is 0 Å². The van der Waals surface area contributed by atoms with Crippen LogP contribution < -0.4 is 0 Å². The standard InChI is InChI=1S/C30H20BrN/c31-24-17-14-22(15-18-24)27-20-23(21-8-2-1-3-9-21)16-19-30(27)32-28-12-6-4-10-25(28)26-11-5-7-13-29(26)32/h1-20H. The fraction of sp³-hybridized carbons (Fsp3) is 0. The number of halogens is 1. The van der Waals surface area contributed by atoms with Crippen LogP contribution in [0.5, 0.6) is 0 Å². The molecule has 32 heavy (non-hydrogen) atoms. The molecule has 0 N–H and O–H groups in total. The van der Waals surface area contributed by atoms with Gasteiger partial charge in [-0.2, -0.15) is 0 Å². The fourth-order valence-electron chi connectivity index (χ4n) is 4.58. The van der Waals surface area contributed by atoms with E-state index >= 15 is 0 Å². The van der Waals surface area contributed by atoms with Gasteiger partial charge in [-0.3, -0.25) is 0 Å². The van der Waals surface area contributed by atoms with Crippen molar-refractivity contribution in [1.29, 1.82) is 0 Å². The molecule has 152 valence electrons. The molecule has 6 rings (SSSR count). The van der Waals surface area contributed by atoms with Crippen molar-refractivity contribution < 1.29 is 0 Å². The zero-order valence-electron chi connectivity index (χ0n) is 17.4. The SMILES string of the molecule is Brc1ccc(-c2cc(-c3ccccc3)ccc2-n2c3ccccc3c3ccccc32)cc1. The Balaban J connectivity index is 1.69. The quantitative estimate of drug-likeness (QED) is 0.241. The van der Waals surface area contributed by atoms with Gasteiger partial charge in [-0.15, -0.1) is 0 Å². The van der Waals surface area contributed by atoms with E-state index in [0.29, 0.717) is 0 Å². The van der Waals surface area contributed by atoms with Crippen molar-refractivity contribution in [3.8, 4) is 27.9 Å². The molecule has 6 aromatic rings. The van der Waals surface area contributed by atoms with Crippen LogP contribution in [0.4, 0.5) is 0 Å². The van der Waals surface area contributed by atoms with Crippen LogP contribution in [-0.4, -0.2) is 4.57 Å². The molecule has 1 heterocycles. The minimum absolute atomic E-state index is 1.08. The zero-order valence-corrected chi connectivity index (χ0v) is 19.0. The molecule has 2 heteroatoms. The van der Waals surface area contributed by atoms with Crippen LogP contribution in [0, 0.1) is 0 Å². The molecule has 0 saturated carbocycles. The van der Waals surface area contributed by atoms with Gasteiger partial charge in [0.25, 0.3) is 0 Å². The first-order valence-corrected chi connectivity index (χ1v) is 11.5. The molecular weight excluding hydrogens is 454 g/mol. The summed E-state index contributed by atoms with van der Waals surface area (Å²) >= 11 is 3.59. The van der Waals surface area contributed by atoms with Crippen molar-refractivity contribution in [1.82, 2.24) is 4.57 Å². The van der Waals surface area contributed by atoms with Crippen LogP contribution in [0.1, 0.15) is 0 Å². The van der Waals surface area contributed by atoms with Crippen LogP contribution in [0.15, 0.2) is 126 Å². The maximum absolute atomic E-state index is 3.59. The van der Waals surface area contributed by atoms with Gasteiger partial charge in [0.2, 0.25) is 0 Å². The Labute approximate surface area is 195 Å². The van der Waals surface area contributed by atoms with Crippen molar-refractivity contribution in [2.45, 2.75) is 0 Å². The summed E-state index contributed by atoms with van der Waals surface area (Å²) in [6, 6.07) is 43.3. The Bertz CT molecular complexity index is 1510. The minimum atomic E-state index is 1.08. The third-order valence-corrected chi connectivity index (χ3v) is 6.61. The lowest BCUT2D eigenvalue weighted by atomic mass is 9.97. The highest BCUT2D eigenvalue weighted by Crippen LogP contribution is 2.38. The van der Waals surface area contributed by atoms with Crippen molar-refractivity contribution in [3.63, 3.8) is 0 Å². The first-order valence-electron chi connectivity index (χ1n) is 10.7. The summed E-state index contributed by atoms with van der Waals surface area (Å²) in [5.74, 6) is 0. The summed E-state index contributed by atoms with van der Waals surface area (Å²) in [6.45, 7) is 0. The summed E-state index contributed by atoms with van der Waals surface area (Å²) in [5, 5.41) is 2.55. The third kappa shape index (κ3) is 3.16. The van der Waals surface area contributed by atoms with Crippen LogP contribution in [0.25, 0.3) is 49.7 Å². The van der Waals surface area contributed by atoms with Crippen LogP contribution >= 0.6 is 15.9 Å². The second-order valence-electron chi connectivity index (χ2n) is 7.97. The second-order valence-corrected chi connectivity index (χ2v) is 8.89. The lowest BCUT2D eigenvalue weighted by Gasteiger charge is -2.16. The fourth-order valence-corrected chi connectivity index (χ4v) is 4.85. The summed E-state index contributed by atoms with van der Waals surface area (Å²) in [6.07, 6.45) is 0. The molecule has 0 spiro atoms. The third-order valence-electron chi connectivity index (χ3n) is 6.08. The predicted molar refractivity (Wildman–Crippen MR) is 139 cm³/mol. The van der Waals surface area contributed by atoms with Gasteiger partial charge < -0.3 is 4.57 Å². The van der Waals surface area contributed by atoms with E-state index in [0.717, 1.165) is 4.47 Å². The average molecular weight is 474 g/mol. The first kappa shape index (κ1) is 19.1. The summed E-state index contributed by atoms with van der Waals surface area (Å²) in [5.41, 5.74) is 8.48. The zero-order chi connectivity index (χ0) is 21.5. The van der Waals surface area contributed by atoms with Gasteiger partial charge in [-0.25, -0.2) is 0 Å². The van der Waals surface area contributed by atoms with Crippen LogP contribution in [0.3, 0.4) is 0 Å². The van der Waals surface area contributed by atoms with Gasteiger partial charge in [-0.1, -0.05) is 101 Å². The van der Waals surface area contributed by atoms with Crippen LogP contribution in [0.2, 0.25) is 0 Å². The normalized spacial score (nSPS) is 11.3. The highest BCUT2D eigenvalue weighted by molar-refractivity contribution is 9.10. The molecule has 5 aromatic carbocycles. The molecule has 1 aromatic heterocycles. The first-order chi connectivity index (χ1) is 15.8. The average Bonchev–Trinajstić information content (AvgIpc) is 3.19. The molecule has 0 fully saturated rings. The van der Waals surface area contributed by atoms with Gasteiger partial charge in [0, 0.05) is 20.8 Å². The number of hydrogen-bond acceptors (Lipinski definition) is 0. The highest BCUT2D eigenvalue weighted by atomic mass is 79.9.